The first kappa shape index (κ1) is 19.0. The largest absolute Gasteiger partial charge is 0.494 e. The van der Waals surface area contributed by atoms with E-state index < -0.39 is 21.7 Å². The maximum atomic E-state index is 14.5. The molecule has 0 amide bonds. The van der Waals surface area contributed by atoms with E-state index in [4.69, 9.17) is 4.74 Å². The molecule has 0 bridgehead atoms. The van der Waals surface area contributed by atoms with E-state index in [2.05, 4.69) is 10.3 Å². The molecule has 142 valence electrons. The van der Waals surface area contributed by atoms with Gasteiger partial charge in [0.2, 0.25) is 0 Å². The number of ether oxygens (including phenoxy) is 1. The van der Waals surface area contributed by atoms with Crippen LogP contribution in [-0.4, -0.2) is 31.5 Å². The third-order valence-corrected chi connectivity index (χ3v) is 5.59. The highest BCUT2D eigenvalue weighted by atomic mass is 32.2. The van der Waals surface area contributed by atoms with Gasteiger partial charge in [-0.05, 0) is 31.3 Å². The summed E-state index contributed by atoms with van der Waals surface area (Å²) in [6, 6.07) is 5.81. The maximum Gasteiger partial charge on any atom is 0.269 e. The number of rotatable bonds is 6. The number of methoxy groups -OCH3 is 1. The Kier molecular flexibility index (Phi) is 5.24. The molecule has 2 aromatic heterocycles. The van der Waals surface area contributed by atoms with Crippen molar-refractivity contribution in [2.45, 2.75) is 11.4 Å². The molecule has 0 aliphatic rings. The van der Waals surface area contributed by atoms with Gasteiger partial charge in [0, 0.05) is 42.3 Å². The molecule has 27 heavy (non-hydrogen) atoms. The minimum Gasteiger partial charge on any atom is -0.494 e. The summed E-state index contributed by atoms with van der Waals surface area (Å²) in [4.78, 5) is 3.77. The second kappa shape index (κ2) is 7.45. The van der Waals surface area contributed by atoms with Crippen LogP contribution in [0.3, 0.4) is 0 Å². The van der Waals surface area contributed by atoms with Crippen LogP contribution in [0.15, 0.2) is 53.8 Å². The highest BCUT2D eigenvalue weighted by molar-refractivity contribution is 7.90. The normalized spacial score (nSPS) is 11.6. The van der Waals surface area contributed by atoms with Gasteiger partial charge in [0.1, 0.15) is 28.0 Å². The molecule has 0 aliphatic heterocycles. The molecule has 3 rings (SSSR count). The molecule has 0 unspecified atom stereocenters. The predicted molar refractivity (Wildman–Crippen MR) is 95.9 cm³/mol. The minimum absolute atomic E-state index is 0.0240. The van der Waals surface area contributed by atoms with Gasteiger partial charge in [-0.25, -0.2) is 21.2 Å². The smallest absolute Gasteiger partial charge is 0.269 e. The van der Waals surface area contributed by atoms with Gasteiger partial charge in [-0.3, -0.25) is 4.98 Å². The lowest BCUT2D eigenvalue weighted by Gasteiger charge is -2.13. The van der Waals surface area contributed by atoms with Gasteiger partial charge in [0.25, 0.3) is 10.0 Å². The molecule has 6 nitrogen and oxygen atoms in total. The molecule has 1 N–H and O–H groups in total. The lowest BCUT2D eigenvalue weighted by molar-refractivity contribution is 0.411. The van der Waals surface area contributed by atoms with Gasteiger partial charge in [0.15, 0.2) is 0 Å². The van der Waals surface area contributed by atoms with Gasteiger partial charge in [-0.15, -0.1) is 0 Å². The Morgan fingerprint density at radius 3 is 2.63 bits per heavy atom. The van der Waals surface area contributed by atoms with Crippen LogP contribution in [0.4, 0.5) is 8.78 Å². The van der Waals surface area contributed by atoms with Crippen LogP contribution in [0, 0.1) is 11.6 Å². The predicted octanol–water partition coefficient (Wildman–Crippen LogP) is 2.79. The number of aromatic nitrogens is 2. The summed E-state index contributed by atoms with van der Waals surface area (Å²) in [6.45, 7) is 0.286. The fraction of sp³-hybridized carbons (Fsp3) is 0.167. The molecule has 0 fully saturated rings. The van der Waals surface area contributed by atoms with E-state index in [1.165, 1.54) is 43.9 Å². The first-order valence-electron chi connectivity index (χ1n) is 7.94. The van der Waals surface area contributed by atoms with Gasteiger partial charge < -0.3 is 10.1 Å². The summed E-state index contributed by atoms with van der Waals surface area (Å²) in [7, 11) is -1.04. The summed E-state index contributed by atoms with van der Waals surface area (Å²) in [5, 5.41) is 2.91. The van der Waals surface area contributed by atoms with Crippen molar-refractivity contribution in [3.63, 3.8) is 0 Å². The van der Waals surface area contributed by atoms with Crippen molar-refractivity contribution in [3.8, 4) is 17.0 Å². The molecule has 9 heteroatoms. The van der Waals surface area contributed by atoms with Crippen LogP contribution in [0.5, 0.6) is 5.75 Å². The summed E-state index contributed by atoms with van der Waals surface area (Å²) < 4.78 is 60.4. The Bertz CT molecular complexity index is 1070. The Hall–Kier alpha value is -2.78. The zero-order valence-corrected chi connectivity index (χ0v) is 15.4. The SMILES string of the molecule is CNCc1cn(S(=O)(=O)c2cccnc2)c(-c2ccc(F)cc2F)c1OC. The second-order valence-corrected chi connectivity index (χ2v) is 7.50. The first-order chi connectivity index (χ1) is 12.9. The van der Waals surface area contributed by atoms with E-state index >= 15 is 0 Å². The van der Waals surface area contributed by atoms with Crippen molar-refractivity contribution in [2.75, 3.05) is 14.2 Å². The molecule has 2 heterocycles. The van der Waals surface area contributed by atoms with Gasteiger partial charge in [-0.2, -0.15) is 0 Å². The van der Waals surface area contributed by atoms with Crippen molar-refractivity contribution in [1.29, 1.82) is 0 Å². The van der Waals surface area contributed by atoms with Crippen molar-refractivity contribution >= 4 is 10.0 Å². The van der Waals surface area contributed by atoms with E-state index in [1.807, 2.05) is 0 Å². The number of benzene rings is 1. The summed E-state index contributed by atoms with van der Waals surface area (Å²) in [5.41, 5.74) is 0.387. The Labute approximate surface area is 155 Å². The molecular weight excluding hydrogens is 376 g/mol. The number of nitrogens with one attached hydrogen (secondary N) is 1. The maximum absolute atomic E-state index is 14.5. The standard InChI is InChI=1S/C18H17F2N3O3S/c1-21-9-12-11-23(27(24,25)14-4-3-7-22-10-14)17(18(12)26-2)15-6-5-13(19)8-16(15)20/h3-8,10-11,21H,9H2,1-2H3. The molecule has 0 atom stereocenters. The zero-order chi connectivity index (χ0) is 19.6. The van der Waals surface area contributed by atoms with Crippen LogP contribution >= 0.6 is 0 Å². The van der Waals surface area contributed by atoms with Crippen molar-refractivity contribution in [2.24, 2.45) is 0 Å². The molecule has 0 saturated carbocycles. The highest BCUT2D eigenvalue weighted by Crippen LogP contribution is 2.38. The van der Waals surface area contributed by atoms with Crippen molar-refractivity contribution in [1.82, 2.24) is 14.3 Å². The number of hydrogen-bond donors (Lipinski definition) is 1. The Balaban J connectivity index is 2.34. The lowest BCUT2D eigenvalue weighted by Crippen LogP contribution is -2.14. The second-order valence-electron chi connectivity index (χ2n) is 5.68. The van der Waals surface area contributed by atoms with Crippen molar-refractivity contribution < 1.29 is 21.9 Å². The third kappa shape index (κ3) is 3.43. The van der Waals surface area contributed by atoms with E-state index in [0.29, 0.717) is 11.6 Å². The number of nitrogens with zero attached hydrogens (tertiary/aromatic N) is 2. The average Bonchev–Trinajstić information content (AvgIpc) is 3.01. The summed E-state index contributed by atoms with van der Waals surface area (Å²) in [6.07, 6.45) is 4.00. The Morgan fingerprint density at radius 2 is 2.04 bits per heavy atom. The summed E-state index contributed by atoms with van der Waals surface area (Å²) in [5.74, 6) is -1.48. The third-order valence-electron chi connectivity index (χ3n) is 3.95. The van der Waals surface area contributed by atoms with E-state index in [-0.39, 0.29) is 28.4 Å². The average molecular weight is 393 g/mol. The molecule has 0 aliphatic carbocycles. The molecule has 1 aromatic carbocycles. The van der Waals surface area contributed by atoms with Gasteiger partial charge in [-0.1, -0.05) is 0 Å². The molecule has 0 radical (unpaired) electrons. The van der Waals surface area contributed by atoms with E-state index in [0.717, 1.165) is 10.0 Å². The molecule has 0 spiro atoms. The van der Waals surface area contributed by atoms with Crippen LogP contribution < -0.4 is 10.1 Å². The number of halogens is 2. The van der Waals surface area contributed by atoms with Crippen LogP contribution in [-0.2, 0) is 16.6 Å². The zero-order valence-electron chi connectivity index (χ0n) is 14.6. The lowest BCUT2D eigenvalue weighted by atomic mass is 10.1. The highest BCUT2D eigenvalue weighted by Gasteiger charge is 2.28. The van der Waals surface area contributed by atoms with E-state index in [9.17, 15) is 17.2 Å². The van der Waals surface area contributed by atoms with E-state index in [1.54, 1.807) is 7.05 Å². The molecule has 0 saturated heterocycles. The van der Waals surface area contributed by atoms with Crippen LogP contribution in [0.1, 0.15) is 5.56 Å². The van der Waals surface area contributed by atoms with Crippen LogP contribution in [0.2, 0.25) is 0 Å². The van der Waals surface area contributed by atoms with Crippen molar-refractivity contribution in [3.05, 3.63) is 66.1 Å². The topological polar surface area (TPSA) is 73.2 Å². The minimum atomic E-state index is -4.09. The molecular formula is C18H17F2N3O3S. The number of pyridine rings is 1. The quantitative estimate of drug-likeness (QED) is 0.697. The first-order valence-corrected chi connectivity index (χ1v) is 9.38. The fourth-order valence-electron chi connectivity index (χ4n) is 2.79. The van der Waals surface area contributed by atoms with Gasteiger partial charge in [0.05, 0.1) is 7.11 Å². The molecule has 3 aromatic rings. The monoisotopic (exact) mass is 393 g/mol. The Morgan fingerprint density at radius 1 is 1.26 bits per heavy atom. The van der Waals surface area contributed by atoms with Crippen LogP contribution in [0.25, 0.3) is 11.3 Å². The fourth-order valence-corrected chi connectivity index (χ4v) is 4.15. The number of hydrogen-bond acceptors (Lipinski definition) is 5. The van der Waals surface area contributed by atoms with Gasteiger partial charge >= 0.3 is 0 Å². The summed E-state index contributed by atoms with van der Waals surface area (Å²) >= 11 is 0.